The van der Waals surface area contributed by atoms with Crippen LogP contribution >= 0.6 is 22.6 Å². The van der Waals surface area contributed by atoms with Crippen LogP contribution < -0.4 is 5.32 Å². The highest BCUT2D eigenvalue weighted by Crippen LogP contribution is 2.36. The summed E-state index contributed by atoms with van der Waals surface area (Å²) < 4.78 is 1.21. The fraction of sp³-hybridized carbons (Fsp3) is 0.364. The molecule has 0 bridgehead atoms. The first-order chi connectivity index (χ1) is 7.09. The number of carbonyl (C=O) groups excluding carboxylic acids is 1. The number of halogens is 1. The van der Waals surface area contributed by atoms with Crippen molar-refractivity contribution in [1.82, 2.24) is 10.2 Å². The number of hydrogen-bond acceptors (Lipinski definition) is 2. The summed E-state index contributed by atoms with van der Waals surface area (Å²) in [6.45, 7) is 0. The maximum atomic E-state index is 11.8. The van der Waals surface area contributed by atoms with Crippen molar-refractivity contribution >= 4 is 28.5 Å². The van der Waals surface area contributed by atoms with Crippen molar-refractivity contribution in [2.24, 2.45) is 5.92 Å². The minimum absolute atomic E-state index is 0.0489. The Balaban J connectivity index is 2.37. The van der Waals surface area contributed by atoms with Crippen LogP contribution in [-0.4, -0.2) is 30.9 Å². The second kappa shape index (κ2) is 4.00. The van der Waals surface area contributed by atoms with E-state index in [-0.39, 0.29) is 17.9 Å². The van der Waals surface area contributed by atoms with Crippen molar-refractivity contribution in [3.63, 3.8) is 0 Å². The second-order valence-corrected chi connectivity index (χ2v) is 5.21. The fourth-order valence-corrected chi connectivity index (χ4v) is 2.85. The molecular weight excluding hydrogens is 303 g/mol. The number of fused-ring (bicyclic) bond motifs is 1. The van der Waals surface area contributed by atoms with Gasteiger partial charge in [-0.1, -0.05) is 18.2 Å². The molecule has 1 amide bonds. The van der Waals surface area contributed by atoms with Crippen LogP contribution in [0.4, 0.5) is 0 Å². The molecule has 4 heteroatoms. The Labute approximate surface area is 103 Å². The van der Waals surface area contributed by atoms with Gasteiger partial charge in [-0.25, -0.2) is 0 Å². The van der Waals surface area contributed by atoms with E-state index < -0.39 is 0 Å². The quantitative estimate of drug-likeness (QED) is 0.586. The highest BCUT2D eigenvalue weighted by molar-refractivity contribution is 14.1. The van der Waals surface area contributed by atoms with Crippen LogP contribution in [0.2, 0.25) is 0 Å². The molecule has 2 atom stereocenters. The van der Waals surface area contributed by atoms with E-state index in [0.29, 0.717) is 0 Å². The SMILES string of the molecule is CN(C)/C=C1\C(=O)NC2C=CC=C(I)C12. The number of nitrogens with one attached hydrogen (secondary N) is 1. The Morgan fingerprint density at radius 1 is 1.53 bits per heavy atom. The zero-order valence-electron chi connectivity index (χ0n) is 8.70. The first-order valence-corrected chi connectivity index (χ1v) is 5.90. The van der Waals surface area contributed by atoms with Gasteiger partial charge < -0.3 is 10.2 Å². The molecule has 80 valence electrons. The van der Waals surface area contributed by atoms with Gasteiger partial charge in [0.2, 0.25) is 5.91 Å². The predicted octanol–water partition coefficient (Wildman–Crippen LogP) is 1.44. The molecule has 2 aliphatic rings. The molecule has 1 fully saturated rings. The molecule has 15 heavy (non-hydrogen) atoms. The van der Waals surface area contributed by atoms with Gasteiger partial charge in [-0.15, -0.1) is 0 Å². The van der Waals surface area contributed by atoms with Crippen LogP contribution in [-0.2, 0) is 4.79 Å². The van der Waals surface area contributed by atoms with E-state index >= 15 is 0 Å². The molecule has 0 aromatic heterocycles. The molecule has 1 aliphatic carbocycles. The molecule has 3 nitrogen and oxygen atoms in total. The molecule has 0 saturated carbocycles. The van der Waals surface area contributed by atoms with E-state index in [1.54, 1.807) is 0 Å². The van der Waals surface area contributed by atoms with Crippen LogP contribution in [0.1, 0.15) is 0 Å². The van der Waals surface area contributed by atoms with Crippen LogP contribution in [0.3, 0.4) is 0 Å². The maximum Gasteiger partial charge on any atom is 0.249 e. The Hall–Kier alpha value is -0.780. The Kier molecular flexibility index (Phi) is 2.86. The number of allylic oxidation sites excluding steroid dienone is 2. The van der Waals surface area contributed by atoms with Gasteiger partial charge in [0.1, 0.15) is 0 Å². The summed E-state index contributed by atoms with van der Waals surface area (Å²) in [4.78, 5) is 13.7. The summed E-state index contributed by atoms with van der Waals surface area (Å²) >= 11 is 2.30. The van der Waals surface area contributed by atoms with Gasteiger partial charge in [-0.2, -0.15) is 0 Å². The molecule has 1 saturated heterocycles. The summed E-state index contributed by atoms with van der Waals surface area (Å²) in [5.41, 5.74) is 0.856. The highest BCUT2D eigenvalue weighted by Gasteiger charge is 2.38. The average Bonchev–Trinajstić information content (AvgIpc) is 2.43. The third-order valence-electron chi connectivity index (χ3n) is 2.52. The lowest BCUT2D eigenvalue weighted by atomic mass is 9.92. The second-order valence-electron chi connectivity index (χ2n) is 3.96. The minimum atomic E-state index is 0.0489. The van der Waals surface area contributed by atoms with Crippen LogP contribution in [0.15, 0.2) is 33.6 Å². The molecule has 1 aliphatic heterocycles. The zero-order chi connectivity index (χ0) is 11.0. The van der Waals surface area contributed by atoms with Gasteiger partial charge in [0.15, 0.2) is 0 Å². The molecule has 1 N–H and O–H groups in total. The van der Waals surface area contributed by atoms with E-state index in [1.165, 1.54) is 3.58 Å². The Morgan fingerprint density at radius 3 is 2.93 bits per heavy atom. The van der Waals surface area contributed by atoms with Crippen molar-refractivity contribution in [3.8, 4) is 0 Å². The molecule has 0 aromatic rings. The third-order valence-corrected chi connectivity index (χ3v) is 3.55. The van der Waals surface area contributed by atoms with E-state index in [9.17, 15) is 4.79 Å². The lowest BCUT2D eigenvalue weighted by Crippen LogP contribution is -2.27. The topological polar surface area (TPSA) is 32.3 Å². The number of amides is 1. The normalized spacial score (nSPS) is 31.3. The fourth-order valence-electron chi connectivity index (χ4n) is 1.92. The summed E-state index contributed by atoms with van der Waals surface area (Å²) in [6.07, 6.45) is 8.01. The lowest BCUT2D eigenvalue weighted by Gasteiger charge is -2.19. The van der Waals surface area contributed by atoms with E-state index in [0.717, 1.165) is 5.57 Å². The molecule has 2 unspecified atom stereocenters. The van der Waals surface area contributed by atoms with Crippen molar-refractivity contribution in [3.05, 3.63) is 33.6 Å². The van der Waals surface area contributed by atoms with Gasteiger partial charge in [-0.3, -0.25) is 4.79 Å². The highest BCUT2D eigenvalue weighted by atomic mass is 127. The molecule has 0 spiro atoms. The molecular formula is C11H13IN2O. The lowest BCUT2D eigenvalue weighted by molar-refractivity contribution is -0.116. The zero-order valence-corrected chi connectivity index (χ0v) is 10.9. The van der Waals surface area contributed by atoms with Crippen molar-refractivity contribution in [2.75, 3.05) is 14.1 Å². The first-order valence-electron chi connectivity index (χ1n) is 4.82. The molecule has 0 radical (unpaired) electrons. The summed E-state index contributed by atoms with van der Waals surface area (Å²) in [5.74, 6) is 0.248. The van der Waals surface area contributed by atoms with Crippen molar-refractivity contribution in [1.29, 1.82) is 0 Å². The average molecular weight is 316 g/mol. The Bertz CT molecular complexity index is 382. The number of hydrogen-bond donors (Lipinski definition) is 1. The number of nitrogens with zero attached hydrogens (tertiary/aromatic N) is 1. The summed E-state index contributed by atoms with van der Waals surface area (Å²) in [6, 6.07) is 0.139. The number of rotatable bonds is 1. The minimum Gasteiger partial charge on any atom is -0.383 e. The van der Waals surface area contributed by atoms with Crippen molar-refractivity contribution in [2.45, 2.75) is 6.04 Å². The Morgan fingerprint density at radius 2 is 2.27 bits per heavy atom. The van der Waals surface area contributed by atoms with Crippen LogP contribution in [0, 0.1) is 5.92 Å². The van der Waals surface area contributed by atoms with E-state index in [2.05, 4.69) is 34.0 Å². The molecule has 1 heterocycles. The van der Waals surface area contributed by atoms with Gasteiger partial charge in [0, 0.05) is 35.4 Å². The maximum absolute atomic E-state index is 11.8. The van der Waals surface area contributed by atoms with Gasteiger partial charge >= 0.3 is 0 Å². The van der Waals surface area contributed by atoms with E-state index in [4.69, 9.17) is 0 Å². The smallest absolute Gasteiger partial charge is 0.249 e. The van der Waals surface area contributed by atoms with Gasteiger partial charge in [0.05, 0.1) is 6.04 Å². The van der Waals surface area contributed by atoms with E-state index in [1.807, 2.05) is 37.3 Å². The molecule has 0 aromatic carbocycles. The van der Waals surface area contributed by atoms with Crippen molar-refractivity contribution < 1.29 is 4.79 Å². The standard InChI is InChI=1S/C11H13IN2O/c1-14(2)6-7-10-8(12)4-3-5-9(10)13-11(7)15/h3-6,9-10H,1-2H3,(H,13,15)/b7-6-. The van der Waals surface area contributed by atoms with Crippen LogP contribution in [0.5, 0.6) is 0 Å². The summed E-state index contributed by atoms with van der Waals surface area (Å²) in [7, 11) is 3.87. The predicted molar refractivity (Wildman–Crippen MR) is 68.4 cm³/mol. The third kappa shape index (κ3) is 1.95. The largest absolute Gasteiger partial charge is 0.383 e. The number of carbonyl (C=O) groups is 1. The first kappa shape index (κ1) is 10.7. The molecule has 2 rings (SSSR count). The monoisotopic (exact) mass is 316 g/mol. The summed E-state index contributed by atoms with van der Waals surface area (Å²) in [5, 5.41) is 2.98. The van der Waals surface area contributed by atoms with Crippen LogP contribution in [0.25, 0.3) is 0 Å². The van der Waals surface area contributed by atoms with Gasteiger partial charge in [-0.05, 0) is 22.6 Å². The van der Waals surface area contributed by atoms with Gasteiger partial charge in [0.25, 0.3) is 0 Å².